The molecular weight excluding hydrogens is 401 g/mol. The Hall–Kier alpha value is -2.68. The summed E-state index contributed by atoms with van der Waals surface area (Å²) in [6.07, 6.45) is -3.65. The second kappa shape index (κ2) is 7.98. The molecule has 0 aliphatic carbocycles. The summed E-state index contributed by atoms with van der Waals surface area (Å²) in [5.74, 6) is -0.429. The first-order valence-electron chi connectivity index (χ1n) is 9.31. The van der Waals surface area contributed by atoms with Crippen LogP contribution in [-0.2, 0) is 17.5 Å². The van der Waals surface area contributed by atoms with Crippen LogP contribution < -0.4 is 10.2 Å². The molecule has 1 aromatic carbocycles. The van der Waals surface area contributed by atoms with E-state index in [1.807, 2.05) is 17.5 Å². The summed E-state index contributed by atoms with van der Waals surface area (Å²) in [7, 11) is 0. The number of hydrogen-bond acceptors (Lipinski definition) is 5. The van der Waals surface area contributed by atoms with Crippen molar-refractivity contribution in [1.29, 1.82) is 0 Å². The summed E-state index contributed by atoms with van der Waals surface area (Å²) in [6, 6.07) is 10.4. The van der Waals surface area contributed by atoms with E-state index in [0.29, 0.717) is 38.0 Å². The van der Waals surface area contributed by atoms with Crippen LogP contribution in [0.4, 0.5) is 19.0 Å². The van der Waals surface area contributed by atoms with E-state index in [1.54, 1.807) is 34.4 Å². The van der Waals surface area contributed by atoms with Gasteiger partial charge in [-0.05, 0) is 36.4 Å². The van der Waals surface area contributed by atoms with Gasteiger partial charge in [-0.1, -0.05) is 18.2 Å². The van der Waals surface area contributed by atoms with Crippen molar-refractivity contribution in [2.24, 2.45) is 5.92 Å². The van der Waals surface area contributed by atoms with Gasteiger partial charge >= 0.3 is 6.18 Å². The average Bonchev–Trinajstić information content (AvgIpc) is 3.24. The van der Waals surface area contributed by atoms with E-state index < -0.39 is 11.9 Å². The van der Waals surface area contributed by atoms with Gasteiger partial charge in [0.05, 0.1) is 17.6 Å². The van der Waals surface area contributed by atoms with Crippen LogP contribution in [0.25, 0.3) is 11.0 Å². The van der Waals surface area contributed by atoms with Gasteiger partial charge in [0.25, 0.3) is 0 Å². The minimum absolute atomic E-state index is 0.0568. The highest BCUT2D eigenvalue weighted by Gasteiger charge is 2.39. The molecule has 9 heteroatoms. The number of hydrogen-bond donors (Lipinski definition) is 1. The van der Waals surface area contributed by atoms with Crippen LogP contribution in [0.2, 0.25) is 0 Å². The molecule has 152 valence electrons. The Balaban J connectivity index is 1.47. The van der Waals surface area contributed by atoms with Gasteiger partial charge in [-0.2, -0.15) is 13.2 Å². The van der Waals surface area contributed by atoms with Gasteiger partial charge in [0.15, 0.2) is 11.5 Å². The van der Waals surface area contributed by atoms with Gasteiger partial charge in [-0.15, -0.1) is 11.3 Å². The SMILES string of the molecule is O=C(NCc1cccs1)C1CCN(c2nc3ccccc3nc2C(F)(F)F)CC1. The summed E-state index contributed by atoms with van der Waals surface area (Å²) in [4.78, 5) is 23.1. The highest BCUT2D eigenvalue weighted by atomic mass is 32.1. The van der Waals surface area contributed by atoms with Gasteiger partial charge in [-0.3, -0.25) is 4.79 Å². The van der Waals surface area contributed by atoms with Crippen molar-refractivity contribution in [2.45, 2.75) is 25.6 Å². The van der Waals surface area contributed by atoms with E-state index in [-0.39, 0.29) is 23.2 Å². The lowest BCUT2D eigenvalue weighted by atomic mass is 9.95. The quantitative estimate of drug-likeness (QED) is 0.686. The molecule has 1 amide bonds. The van der Waals surface area contributed by atoms with Crippen molar-refractivity contribution in [2.75, 3.05) is 18.0 Å². The van der Waals surface area contributed by atoms with Crippen molar-refractivity contribution < 1.29 is 18.0 Å². The van der Waals surface area contributed by atoms with E-state index in [9.17, 15) is 18.0 Å². The molecule has 0 saturated carbocycles. The highest BCUT2D eigenvalue weighted by Crippen LogP contribution is 2.36. The molecule has 1 N–H and O–H groups in total. The number of rotatable bonds is 4. The Kier molecular flexibility index (Phi) is 5.40. The molecule has 3 aromatic rings. The van der Waals surface area contributed by atoms with Crippen molar-refractivity contribution in [3.05, 3.63) is 52.3 Å². The summed E-state index contributed by atoms with van der Waals surface area (Å²) >= 11 is 1.57. The zero-order valence-corrected chi connectivity index (χ0v) is 16.3. The van der Waals surface area contributed by atoms with Gasteiger partial charge in [0, 0.05) is 23.9 Å². The lowest BCUT2D eigenvalue weighted by Crippen LogP contribution is -2.41. The Morgan fingerprint density at radius 1 is 1.10 bits per heavy atom. The van der Waals surface area contributed by atoms with Crippen LogP contribution in [0.15, 0.2) is 41.8 Å². The second-order valence-corrected chi connectivity index (χ2v) is 7.97. The normalized spacial score (nSPS) is 15.6. The van der Waals surface area contributed by atoms with E-state index in [1.165, 1.54) is 6.07 Å². The maximum atomic E-state index is 13.6. The highest BCUT2D eigenvalue weighted by molar-refractivity contribution is 7.09. The first-order valence-corrected chi connectivity index (χ1v) is 10.2. The van der Waals surface area contributed by atoms with Gasteiger partial charge in [0.1, 0.15) is 0 Å². The Bertz CT molecular complexity index is 999. The summed E-state index contributed by atoms with van der Waals surface area (Å²) < 4.78 is 40.7. The number of aromatic nitrogens is 2. The molecule has 1 aliphatic rings. The molecule has 1 aliphatic heterocycles. The van der Waals surface area contributed by atoms with Gasteiger partial charge in [0.2, 0.25) is 5.91 Å². The standard InChI is InChI=1S/C20H19F3N4OS/c21-20(22,23)17-18(26-16-6-2-1-5-15(16)25-17)27-9-7-13(8-10-27)19(28)24-12-14-4-3-11-29-14/h1-6,11,13H,7-10,12H2,(H,24,28). The molecule has 4 rings (SSSR count). The molecule has 2 aromatic heterocycles. The van der Waals surface area contributed by atoms with Crippen LogP contribution in [-0.4, -0.2) is 29.0 Å². The number of benzene rings is 1. The number of piperidine rings is 1. The van der Waals surface area contributed by atoms with Gasteiger partial charge in [-0.25, -0.2) is 9.97 Å². The minimum Gasteiger partial charge on any atom is -0.355 e. The fourth-order valence-electron chi connectivity index (χ4n) is 3.49. The van der Waals surface area contributed by atoms with Crippen LogP contribution in [0.5, 0.6) is 0 Å². The average molecular weight is 420 g/mol. The van der Waals surface area contributed by atoms with Gasteiger partial charge < -0.3 is 10.2 Å². The number of alkyl halides is 3. The van der Waals surface area contributed by atoms with Crippen molar-refractivity contribution >= 4 is 34.1 Å². The molecule has 0 radical (unpaired) electrons. The first-order chi connectivity index (χ1) is 13.9. The number of thiophene rings is 1. The topological polar surface area (TPSA) is 58.1 Å². The van der Waals surface area contributed by atoms with E-state index in [4.69, 9.17) is 0 Å². The molecule has 3 heterocycles. The molecule has 0 spiro atoms. The largest absolute Gasteiger partial charge is 0.437 e. The van der Waals surface area contributed by atoms with Crippen molar-refractivity contribution in [3.8, 4) is 0 Å². The lowest BCUT2D eigenvalue weighted by Gasteiger charge is -2.33. The Labute approximate surface area is 169 Å². The molecular formula is C20H19F3N4OS. The van der Waals surface area contributed by atoms with E-state index >= 15 is 0 Å². The molecule has 29 heavy (non-hydrogen) atoms. The third-order valence-electron chi connectivity index (χ3n) is 5.00. The predicted molar refractivity (Wildman–Crippen MR) is 106 cm³/mol. The Morgan fingerprint density at radius 2 is 1.79 bits per heavy atom. The number of nitrogens with zero attached hydrogens (tertiary/aromatic N) is 3. The Morgan fingerprint density at radius 3 is 2.41 bits per heavy atom. The minimum atomic E-state index is -4.60. The number of para-hydroxylation sites is 2. The fraction of sp³-hybridized carbons (Fsp3) is 0.350. The van der Waals surface area contributed by atoms with Crippen molar-refractivity contribution in [3.63, 3.8) is 0 Å². The van der Waals surface area contributed by atoms with Crippen LogP contribution in [0.3, 0.4) is 0 Å². The summed E-state index contributed by atoms with van der Waals surface area (Å²) in [5.41, 5.74) is -0.338. The van der Waals surface area contributed by atoms with Crippen LogP contribution in [0, 0.1) is 5.92 Å². The molecule has 1 saturated heterocycles. The van der Waals surface area contributed by atoms with E-state index in [2.05, 4.69) is 15.3 Å². The van der Waals surface area contributed by atoms with Crippen molar-refractivity contribution in [1.82, 2.24) is 15.3 Å². The fourth-order valence-corrected chi connectivity index (χ4v) is 4.13. The first kappa shape index (κ1) is 19.6. The molecule has 0 atom stereocenters. The maximum absolute atomic E-state index is 13.6. The summed E-state index contributed by atoms with van der Waals surface area (Å²) in [6.45, 7) is 1.13. The number of carbonyl (C=O) groups is 1. The second-order valence-electron chi connectivity index (χ2n) is 6.94. The smallest absolute Gasteiger partial charge is 0.355 e. The third kappa shape index (κ3) is 4.34. The number of amides is 1. The van der Waals surface area contributed by atoms with Crippen LogP contribution in [0.1, 0.15) is 23.4 Å². The maximum Gasteiger partial charge on any atom is 0.437 e. The summed E-state index contributed by atoms with van der Waals surface area (Å²) in [5, 5.41) is 4.86. The predicted octanol–water partition coefficient (Wildman–Crippen LogP) is 4.24. The number of carbonyl (C=O) groups excluding carboxylic acids is 1. The van der Waals surface area contributed by atoms with Crippen LogP contribution >= 0.6 is 11.3 Å². The van der Waals surface area contributed by atoms with E-state index in [0.717, 1.165) is 4.88 Å². The zero-order chi connectivity index (χ0) is 20.4. The third-order valence-corrected chi connectivity index (χ3v) is 5.88. The zero-order valence-electron chi connectivity index (χ0n) is 15.4. The molecule has 1 fully saturated rings. The molecule has 0 bridgehead atoms. The monoisotopic (exact) mass is 420 g/mol. The number of fused-ring (bicyclic) bond motifs is 1. The number of nitrogens with one attached hydrogen (secondary N) is 1. The lowest BCUT2D eigenvalue weighted by molar-refractivity contribution is -0.140. The number of anilines is 1. The number of halogens is 3. The molecule has 5 nitrogen and oxygen atoms in total. The molecule has 0 unspecified atom stereocenters.